The predicted octanol–water partition coefficient (Wildman–Crippen LogP) is 1.76. The lowest BCUT2D eigenvalue weighted by Crippen LogP contribution is -2.61. The molecule has 272 valence electrons. The van der Waals surface area contributed by atoms with Crippen LogP contribution in [0.25, 0.3) is 10.8 Å². The van der Waals surface area contributed by atoms with Gasteiger partial charge in [0.15, 0.2) is 0 Å². The molecule has 6 atom stereocenters. The summed E-state index contributed by atoms with van der Waals surface area (Å²) in [5.41, 5.74) is -2.17. The maximum absolute atomic E-state index is 14.3. The Labute approximate surface area is 291 Å². The van der Waals surface area contributed by atoms with E-state index in [2.05, 4.69) is 32.2 Å². The van der Waals surface area contributed by atoms with Crippen LogP contribution in [0.2, 0.25) is 0 Å². The topological polar surface area (TPSA) is 194 Å². The van der Waals surface area contributed by atoms with Crippen molar-refractivity contribution in [3.63, 3.8) is 0 Å². The van der Waals surface area contributed by atoms with E-state index >= 15 is 0 Å². The molecule has 1 saturated heterocycles. The summed E-state index contributed by atoms with van der Waals surface area (Å²) in [5, 5.41) is 9.06. The zero-order valence-electron chi connectivity index (χ0n) is 29.1. The molecule has 16 heteroatoms. The van der Waals surface area contributed by atoms with Gasteiger partial charge in [-0.15, -0.1) is 6.58 Å². The molecular formula is C34H46N6O9S. The molecule has 2 heterocycles. The summed E-state index contributed by atoms with van der Waals surface area (Å²) in [7, 11) is -0.937. The Hall–Kier alpha value is -4.44. The Morgan fingerprint density at radius 2 is 1.86 bits per heavy atom. The molecule has 15 nitrogen and oxygen atoms in total. The molecule has 0 radical (unpaired) electrons. The number of carbonyl (C=O) groups excluding carboxylic acids is 4. The molecule has 5 rings (SSSR count). The number of amides is 5. The smallest absolute Gasteiger partial charge is 0.315 e. The fourth-order valence-electron chi connectivity index (χ4n) is 6.11. The van der Waals surface area contributed by atoms with E-state index in [4.69, 9.17) is 14.2 Å². The number of pyridine rings is 1. The van der Waals surface area contributed by atoms with Crippen LogP contribution in [0.1, 0.15) is 53.4 Å². The van der Waals surface area contributed by atoms with Gasteiger partial charge in [0.2, 0.25) is 27.7 Å². The molecule has 0 spiro atoms. The van der Waals surface area contributed by atoms with Crippen molar-refractivity contribution < 1.29 is 41.8 Å². The van der Waals surface area contributed by atoms with Gasteiger partial charge >= 0.3 is 6.03 Å². The van der Waals surface area contributed by atoms with E-state index in [1.54, 1.807) is 59.2 Å². The average molecular weight is 715 g/mol. The molecule has 0 bridgehead atoms. The zero-order valence-corrected chi connectivity index (χ0v) is 30.0. The van der Waals surface area contributed by atoms with E-state index in [1.807, 2.05) is 6.07 Å². The van der Waals surface area contributed by atoms with Gasteiger partial charge in [-0.25, -0.2) is 18.2 Å². The number of fused-ring (bicyclic) bond motifs is 1. The standard InChI is InChI=1S/C34H46N6O9S/c1-8-21-17-34(21,31(43)39-50(45,46)24-10-11-24)37-28(41)26-16-23(49-29-25-12-9-22(48-7)15-20(25)13-14-35-29)18-40(26)30(42)27(19(2)47-6)36-32(44)38-33(3,4)5/h8-9,12-15,19,21,23-24,26-27H,1,10-11,16-18H2,2-7H3,(H,37,41)(H,39,43)(H2,36,38,44)/t19-,21-,23+,26+,27-,34-/m0/s1. The fourth-order valence-corrected chi connectivity index (χ4v) is 7.48. The highest BCUT2D eigenvalue weighted by Crippen LogP contribution is 2.45. The van der Waals surface area contributed by atoms with E-state index in [0.717, 1.165) is 5.39 Å². The number of carbonyl (C=O) groups is 4. The van der Waals surface area contributed by atoms with E-state index in [1.165, 1.54) is 18.1 Å². The van der Waals surface area contributed by atoms with Gasteiger partial charge < -0.3 is 35.1 Å². The number of hydrogen-bond donors (Lipinski definition) is 4. The number of methoxy groups -OCH3 is 2. The summed E-state index contributed by atoms with van der Waals surface area (Å²) in [6.45, 7) is 10.7. The van der Waals surface area contributed by atoms with Crippen molar-refractivity contribution in [3.8, 4) is 11.6 Å². The number of ether oxygens (including phenoxy) is 3. The van der Waals surface area contributed by atoms with Crippen LogP contribution in [0.3, 0.4) is 0 Å². The van der Waals surface area contributed by atoms with E-state index < -0.39 is 80.3 Å². The normalized spacial score (nSPS) is 24.4. The molecule has 50 heavy (non-hydrogen) atoms. The highest BCUT2D eigenvalue weighted by molar-refractivity contribution is 7.91. The second kappa shape index (κ2) is 14.1. The lowest BCUT2D eigenvalue weighted by atomic mass is 10.1. The summed E-state index contributed by atoms with van der Waals surface area (Å²) in [5.74, 6) is -1.76. The number of urea groups is 1. The fraction of sp³-hybridized carbons (Fsp3) is 0.559. The molecule has 1 aliphatic heterocycles. The number of benzene rings is 1. The van der Waals surface area contributed by atoms with E-state index in [0.29, 0.717) is 24.0 Å². The first-order valence-electron chi connectivity index (χ1n) is 16.5. The number of nitrogens with one attached hydrogen (secondary N) is 4. The lowest BCUT2D eigenvalue weighted by Gasteiger charge is -2.32. The third kappa shape index (κ3) is 7.96. The Bertz CT molecular complexity index is 1780. The second-order valence-electron chi connectivity index (χ2n) is 14.1. The van der Waals surface area contributed by atoms with Crippen molar-refractivity contribution in [2.24, 2.45) is 5.92 Å². The van der Waals surface area contributed by atoms with Gasteiger partial charge in [-0.3, -0.25) is 19.1 Å². The highest BCUT2D eigenvalue weighted by atomic mass is 32.2. The molecule has 2 saturated carbocycles. The minimum Gasteiger partial charge on any atom is -0.497 e. The molecule has 2 aromatic rings. The van der Waals surface area contributed by atoms with Crippen LogP contribution in [0.5, 0.6) is 11.6 Å². The van der Waals surface area contributed by atoms with Gasteiger partial charge in [-0.05, 0) is 76.6 Å². The largest absolute Gasteiger partial charge is 0.497 e. The van der Waals surface area contributed by atoms with Crippen molar-refractivity contribution in [2.45, 2.75) is 94.0 Å². The van der Waals surface area contributed by atoms with E-state index in [9.17, 15) is 27.6 Å². The van der Waals surface area contributed by atoms with Gasteiger partial charge in [0, 0.05) is 36.6 Å². The monoisotopic (exact) mass is 714 g/mol. The number of sulfonamides is 1. The van der Waals surface area contributed by atoms with Crippen LogP contribution in [0.4, 0.5) is 4.79 Å². The van der Waals surface area contributed by atoms with Crippen molar-refractivity contribution in [3.05, 3.63) is 43.1 Å². The first-order chi connectivity index (χ1) is 23.5. The maximum Gasteiger partial charge on any atom is 0.315 e. The van der Waals surface area contributed by atoms with Crippen molar-refractivity contribution in [2.75, 3.05) is 20.8 Å². The molecule has 1 aromatic carbocycles. The number of aromatic nitrogens is 1. The van der Waals surface area contributed by atoms with Gasteiger partial charge in [0.05, 0.1) is 25.0 Å². The molecule has 0 unspecified atom stereocenters. The molecule has 5 amide bonds. The van der Waals surface area contributed by atoms with Crippen LogP contribution in [-0.2, 0) is 29.1 Å². The van der Waals surface area contributed by atoms with Crippen LogP contribution in [0, 0.1) is 5.92 Å². The minimum absolute atomic E-state index is 0.00486. The molecule has 3 fully saturated rings. The van der Waals surface area contributed by atoms with Crippen LogP contribution >= 0.6 is 0 Å². The van der Waals surface area contributed by atoms with Crippen LogP contribution in [0.15, 0.2) is 43.1 Å². The molecular weight excluding hydrogens is 668 g/mol. The van der Waals surface area contributed by atoms with Crippen LogP contribution in [-0.4, -0.2) is 103 Å². The second-order valence-corrected chi connectivity index (χ2v) is 16.1. The number of likely N-dealkylation sites (tertiary alicyclic amines) is 1. The summed E-state index contributed by atoms with van der Waals surface area (Å²) in [4.78, 5) is 60.5. The molecule has 2 aliphatic carbocycles. The molecule has 1 aromatic heterocycles. The van der Waals surface area contributed by atoms with Gasteiger partial charge in [0.1, 0.15) is 29.5 Å². The summed E-state index contributed by atoms with van der Waals surface area (Å²) in [6.07, 6.45) is 2.58. The van der Waals surface area contributed by atoms with Crippen molar-refractivity contribution >= 4 is 44.5 Å². The van der Waals surface area contributed by atoms with Crippen molar-refractivity contribution in [1.82, 2.24) is 30.6 Å². The van der Waals surface area contributed by atoms with Crippen LogP contribution < -0.4 is 30.1 Å². The molecule has 4 N–H and O–H groups in total. The van der Waals surface area contributed by atoms with Gasteiger partial charge in [0.25, 0.3) is 5.91 Å². The lowest BCUT2D eigenvalue weighted by molar-refractivity contribution is -0.143. The van der Waals surface area contributed by atoms with Gasteiger partial charge in [-0.2, -0.15) is 0 Å². The third-order valence-corrected chi connectivity index (χ3v) is 11.0. The van der Waals surface area contributed by atoms with Gasteiger partial charge in [-0.1, -0.05) is 6.08 Å². The Kier molecular flexibility index (Phi) is 10.4. The van der Waals surface area contributed by atoms with Crippen molar-refractivity contribution in [1.29, 1.82) is 0 Å². The number of nitrogens with zero attached hydrogens (tertiary/aromatic N) is 2. The number of hydrogen-bond acceptors (Lipinski definition) is 10. The van der Waals surface area contributed by atoms with E-state index in [-0.39, 0.29) is 25.3 Å². The summed E-state index contributed by atoms with van der Waals surface area (Å²) in [6, 6.07) is 4.21. The average Bonchev–Trinajstić information content (AvgIpc) is 3.98. The predicted molar refractivity (Wildman–Crippen MR) is 184 cm³/mol. The Balaban J connectivity index is 1.44. The maximum atomic E-state index is 14.3. The SMILES string of the molecule is C=C[C@H]1C[C@@]1(NC(=O)[C@H]1C[C@@H](Oc2nccc3cc(OC)ccc23)CN1C(=O)[C@@H](NC(=O)NC(C)(C)C)[C@H](C)OC)C(=O)NS(=O)(=O)C1CC1. The zero-order chi connectivity index (χ0) is 36.6. The number of rotatable bonds is 13. The highest BCUT2D eigenvalue weighted by Gasteiger charge is 2.62. The summed E-state index contributed by atoms with van der Waals surface area (Å²) >= 11 is 0. The first kappa shape index (κ1) is 36.8. The Morgan fingerprint density at radius 1 is 1.14 bits per heavy atom. The third-order valence-electron chi connectivity index (χ3n) is 9.19. The minimum atomic E-state index is -3.90. The first-order valence-corrected chi connectivity index (χ1v) is 18.1. The summed E-state index contributed by atoms with van der Waals surface area (Å²) < 4.78 is 44.6. The Morgan fingerprint density at radius 3 is 2.46 bits per heavy atom. The quantitative estimate of drug-likeness (QED) is 0.222. The molecule has 3 aliphatic rings.